The first-order chi connectivity index (χ1) is 9.26. The Morgan fingerprint density at radius 1 is 1.47 bits per heavy atom. The number of hydrogen-bond donors (Lipinski definition) is 0. The van der Waals surface area contributed by atoms with Gasteiger partial charge in [-0.25, -0.2) is 0 Å². The van der Waals surface area contributed by atoms with Crippen molar-refractivity contribution in [3.05, 3.63) is 46.3 Å². The van der Waals surface area contributed by atoms with Crippen LogP contribution in [0.3, 0.4) is 0 Å². The fourth-order valence-electron chi connectivity index (χ4n) is 1.30. The maximum Gasteiger partial charge on any atom is 0.307 e. The van der Waals surface area contributed by atoms with Gasteiger partial charge in [-0.15, -0.1) is 0 Å². The van der Waals surface area contributed by atoms with E-state index in [1.54, 1.807) is 0 Å². The monoisotopic (exact) mass is 257 g/mol. The molecule has 1 unspecified atom stereocenters. The second kappa shape index (κ2) is 8.62. The summed E-state index contributed by atoms with van der Waals surface area (Å²) in [7, 11) is 0. The van der Waals surface area contributed by atoms with Crippen LogP contribution < -0.4 is 0 Å². The molecule has 0 aliphatic rings. The lowest BCUT2D eigenvalue weighted by molar-refractivity contribution is -0.146. The van der Waals surface area contributed by atoms with Crippen LogP contribution in [-0.2, 0) is 9.53 Å². The number of carbonyl (C=O) groups is 1. The van der Waals surface area contributed by atoms with Crippen molar-refractivity contribution < 1.29 is 9.53 Å². The van der Waals surface area contributed by atoms with E-state index in [9.17, 15) is 4.79 Å². The highest BCUT2D eigenvalue weighted by molar-refractivity contribution is 5.69. The van der Waals surface area contributed by atoms with Crippen molar-refractivity contribution in [1.82, 2.24) is 0 Å². The molecule has 1 rings (SSSR count). The van der Waals surface area contributed by atoms with Gasteiger partial charge in [0.1, 0.15) is 0 Å². The zero-order valence-corrected chi connectivity index (χ0v) is 10.7. The van der Waals surface area contributed by atoms with E-state index in [4.69, 9.17) is 10.3 Å². The lowest BCUT2D eigenvalue weighted by Gasteiger charge is -2.06. The smallest absolute Gasteiger partial charge is 0.307 e. The molecule has 19 heavy (non-hydrogen) atoms. The fourth-order valence-corrected chi connectivity index (χ4v) is 1.30. The van der Waals surface area contributed by atoms with Gasteiger partial charge in [-0.1, -0.05) is 37.5 Å². The standard InChI is InChI=1S/C14H15N3O2/c1-2-3-9-14(18)19-13(16-17-15)11-10-12-7-5-4-6-8-12/h4-8,13H,2-3,9H2,1H3. The minimum absolute atomic E-state index is 0.307. The molecule has 0 amide bonds. The summed E-state index contributed by atoms with van der Waals surface area (Å²) >= 11 is 0. The quantitative estimate of drug-likeness (QED) is 0.266. The maximum absolute atomic E-state index is 11.4. The highest BCUT2D eigenvalue weighted by Gasteiger charge is 2.09. The zero-order valence-electron chi connectivity index (χ0n) is 10.7. The second-order valence-electron chi connectivity index (χ2n) is 3.79. The number of benzene rings is 1. The van der Waals surface area contributed by atoms with E-state index in [0.717, 1.165) is 18.4 Å². The Hall–Kier alpha value is -2.44. The summed E-state index contributed by atoms with van der Waals surface area (Å²) in [5.41, 5.74) is 9.19. The summed E-state index contributed by atoms with van der Waals surface area (Å²) in [6.45, 7) is 1.98. The van der Waals surface area contributed by atoms with Crippen LogP contribution in [0.2, 0.25) is 0 Å². The third kappa shape index (κ3) is 6.16. The zero-order chi connectivity index (χ0) is 13.9. The summed E-state index contributed by atoms with van der Waals surface area (Å²) in [5, 5.41) is 3.35. The number of unbranched alkanes of at least 4 members (excludes halogenated alkanes) is 1. The largest absolute Gasteiger partial charge is 0.443 e. The Bertz CT molecular complexity index is 510. The van der Waals surface area contributed by atoms with E-state index in [-0.39, 0.29) is 0 Å². The maximum atomic E-state index is 11.4. The SMILES string of the molecule is CCCCC(=O)OC(C#Cc1ccccc1)N=[N+]=[N-]. The minimum atomic E-state index is -1.07. The van der Waals surface area contributed by atoms with Gasteiger partial charge in [-0.2, -0.15) is 0 Å². The van der Waals surface area contributed by atoms with Crippen molar-refractivity contribution in [2.45, 2.75) is 32.4 Å². The summed E-state index contributed by atoms with van der Waals surface area (Å²) in [6, 6.07) is 9.21. The van der Waals surface area contributed by atoms with Crippen molar-refractivity contribution in [2.75, 3.05) is 0 Å². The molecule has 5 nitrogen and oxygen atoms in total. The van der Waals surface area contributed by atoms with Crippen LogP contribution in [0.15, 0.2) is 35.4 Å². The summed E-state index contributed by atoms with van der Waals surface area (Å²) < 4.78 is 4.98. The number of azide groups is 1. The molecule has 1 aromatic rings. The molecule has 0 aliphatic carbocycles. The molecule has 0 saturated heterocycles. The Morgan fingerprint density at radius 3 is 2.84 bits per heavy atom. The van der Waals surface area contributed by atoms with E-state index in [1.807, 2.05) is 37.3 Å². The van der Waals surface area contributed by atoms with Crippen molar-refractivity contribution in [1.29, 1.82) is 0 Å². The van der Waals surface area contributed by atoms with Gasteiger partial charge in [0.05, 0.1) is 0 Å². The van der Waals surface area contributed by atoms with Gasteiger partial charge >= 0.3 is 5.97 Å². The first kappa shape index (κ1) is 14.6. The van der Waals surface area contributed by atoms with Gasteiger partial charge in [-0.3, -0.25) is 4.79 Å². The highest BCUT2D eigenvalue weighted by Crippen LogP contribution is 2.02. The Labute approximate surface area is 112 Å². The molecule has 0 saturated carbocycles. The number of nitrogens with zero attached hydrogens (tertiary/aromatic N) is 3. The van der Waals surface area contributed by atoms with E-state index in [1.165, 1.54) is 0 Å². The van der Waals surface area contributed by atoms with Crippen LogP contribution in [0.1, 0.15) is 31.7 Å². The predicted molar refractivity (Wildman–Crippen MR) is 71.9 cm³/mol. The summed E-state index contributed by atoms with van der Waals surface area (Å²) in [6.07, 6.45) is 0.876. The van der Waals surface area contributed by atoms with Crippen LogP contribution in [-0.4, -0.2) is 12.2 Å². The topological polar surface area (TPSA) is 75.1 Å². The molecular weight excluding hydrogens is 242 g/mol. The lowest BCUT2D eigenvalue weighted by Crippen LogP contribution is -2.13. The number of hydrogen-bond acceptors (Lipinski definition) is 3. The molecule has 0 fully saturated rings. The van der Waals surface area contributed by atoms with E-state index < -0.39 is 12.2 Å². The Kier molecular flexibility index (Phi) is 6.63. The first-order valence-corrected chi connectivity index (χ1v) is 6.06. The van der Waals surface area contributed by atoms with Crippen molar-refractivity contribution >= 4 is 5.97 Å². The number of rotatable bonds is 5. The molecule has 0 N–H and O–H groups in total. The summed E-state index contributed by atoms with van der Waals surface area (Å²) in [4.78, 5) is 14.1. The number of esters is 1. The molecule has 0 heterocycles. The first-order valence-electron chi connectivity index (χ1n) is 6.06. The van der Waals surface area contributed by atoms with Crippen molar-refractivity contribution in [3.8, 4) is 11.8 Å². The lowest BCUT2D eigenvalue weighted by atomic mass is 10.2. The van der Waals surface area contributed by atoms with Gasteiger partial charge in [0.15, 0.2) is 0 Å². The molecular formula is C14H15N3O2. The van der Waals surface area contributed by atoms with E-state index in [2.05, 4.69) is 21.9 Å². The van der Waals surface area contributed by atoms with Crippen LogP contribution in [0.5, 0.6) is 0 Å². The molecule has 98 valence electrons. The van der Waals surface area contributed by atoms with Gasteiger partial charge in [0.25, 0.3) is 0 Å². The molecule has 1 aromatic carbocycles. The average molecular weight is 257 g/mol. The molecule has 0 radical (unpaired) electrons. The van der Waals surface area contributed by atoms with Crippen molar-refractivity contribution in [3.63, 3.8) is 0 Å². The fraction of sp³-hybridized carbons (Fsp3) is 0.357. The summed E-state index contributed by atoms with van der Waals surface area (Å²) in [5.74, 6) is 5.03. The van der Waals surface area contributed by atoms with E-state index in [0.29, 0.717) is 6.42 Å². The number of ether oxygens (including phenoxy) is 1. The second-order valence-corrected chi connectivity index (χ2v) is 3.79. The van der Waals surface area contributed by atoms with E-state index >= 15 is 0 Å². The molecule has 0 bridgehead atoms. The van der Waals surface area contributed by atoms with Crippen LogP contribution >= 0.6 is 0 Å². The van der Waals surface area contributed by atoms with Gasteiger partial charge in [0.2, 0.25) is 6.23 Å². The van der Waals surface area contributed by atoms with Gasteiger partial charge < -0.3 is 4.74 Å². The molecule has 0 spiro atoms. The van der Waals surface area contributed by atoms with Crippen LogP contribution in [0.4, 0.5) is 0 Å². The normalized spacial score (nSPS) is 10.6. The molecule has 1 atom stereocenters. The van der Waals surface area contributed by atoms with Crippen LogP contribution in [0, 0.1) is 11.8 Å². The van der Waals surface area contributed by atoms with Gasteiger partial charge in [-0.05, 0) is 35.1 Å². The third-order valence-corrected chi connectivity index (χ3v) is 2.25. The molecule has 0 aliphatic heterocycles. The Balaban J connectivity index is 2.66. The van der Waals surface area contributed by atoms with Crippen molar-refractivity contribution in [2.24, 2.45) is 5.11 Å². The third-order valence-electron chi connectivity index (χ3n) is 2.25. The van der Waals surface area contributed by atoms with Crippen LogP contribution in [0.25, 0.3) is 10.4 Å². The molecule has 0 aromatic heterocycles. The number of carbonyl (C=O) groups excluding carboxylic acids is 1. The predicted octanol–water partition coefficient (Wildman–Crippen LogP) is 3.41. The van der Waals surface area contributed by atoms with Gasteiger partial charge in [0, 0.05) is 16.9 Å². The minimum Gasteiger partial charge on any atom is -0.443 e. The highest BCUT2D eigenvalue weighted by atomic mass is 16.6. The Morgan fingerprint density at radius 2 is 2.21 bits per heavy atom. The average Bonchev–Trinajstić information content (AvgIpc) is 2.44. The molecule has 5 heteroatoms.